The molecule has 0 unspecified atom stereocenters. The fourth-order valence-corrected chi connectivity index (χ4v) is 2.93. The monoisotopic (exact) mass is 392 g/mol. The van der Waals surface area contributed by atoms with Crippen LogP contribution in [0, 0.1) is 0 Å². The third-order valence-electron chi connectivity index (χ3n) is 4.22. The molecular weight excluding hydrogens is 364 g/mol. The van der Waals surface area contributed by atoms with Gasteiger partial charge in [0, 0.05) is 25.7 Å². The van der Waals surface area contributed by atoms with E-state index in [1.807, 2.05) is 27.7 Å². The van der Waals surface area contributed by atoms with Gasteiger partial charge in [0.25, 0.3) is 5.91 Å². The highest BCUT2D eigenvalue weighted by Crippen LogP contribution is 2.17. The van der Waals surface area contributed by atoms with Gasteiger partial charge in [-0.3, -0.25) is 9.59 Å². The normalized spacial score (nSPS) is 17.2. The molecule has 154 valence electrons. The van der Waals surface area contributed by atoms with Crippen molar-refractivity contribution in [1.29, 1.82) is 0 Å². The van der Waals surface area contributed by atoms with Crippen LogP contribution in [0.1, 0.15) is 33.3 Å². The Balaban J connectivity index is 1.86. The second-order valence-electron chi connectivity index (χ2n) is 7.87. The van der Waals surface area contributed by atoms with Gasteiger partial charge >= 0.3 is 12.1 Å². The maximum atomic E-state index is 12.5. The molecule has 0 aromatic heterocycles. The lowest BCUT2D eigenvalue weighted by molar-refractivity contribution is -0.137. The summed E-state index contributed by atoms with van der Waals surface area (Å²) in [4.78, 5) is 38.8. The molecule has 1 heterocycles. The number of carbonyl (C=O) groups excluding carboxylic acids is 2. The molecule has 0 saturated carbocycles. The number of piperazine rings is 1. The standard InChI is InChI=1S/C20H28N2O6/c1-14-12-21(8-9-22(14)19(26)28-20(2,3)4)17(23)13-27-16-7-5-6-15(10-16)11-18(24)25/h5-7,10,14H,8-9,11-13H2,1-4H3,(H,24,25)/t14-/m1/s1. The quantitative estimate of drug-likeness (QED) is 0.825. The van der Waals surface area contributed by atoms with Crippen LogP contribution >= 0.6 is 0 Å². The molecule has 0 radical (unpaired) electrons. The molecular formula is C20H28N2O6. The van der Waals surface area contributed by atoms with Gasteiger partial charge in [-0.25, -0.2) is 4.79 Å². The minimum Gasteiger partial charge on any atom is -0.484 e. The smallest absolute Gasteiger partial charge is 0.410 e. The van der Waals surface area contributed by atoms with E-state index in [1.165, 1.54) is 0 Å². The van der Waals surface area contributed by atoms with Crippen molar-refractivity contribution in [1.82, 2.24) is 9.80 Å². The van der Waals surface area contributed by atoms with Gasteiger partial charge < -0.3 is 24.4 Å². The predicted molar refractivity (Wildman–Crippen MR) is 102 cm³/mol. The van der Waals surface area contributed by atoms with Crippen molar-refractivity contribution in [3.8, 4) is 5.75 Å². The molecule has 1 saturated heterocycles. The summed E-state index contributed by atoms with van der Waals surface area (Å²) in [5, 5.41) is 8.86. The number of hydrogen-bond acceptors (Lipinski definition) is 5. The molecule has 0 bridgehead atoms. The van der Waals surface area contributed by atoms with Crippen molar-refractivity contribution in [2.45, 2.75) is 45.8 Å². The Morgan fingerprint density at radius 3 is 2.54 bits per heavy atom. The van der Waals surface area contributed by atoms with Crippen LogP contribution in [0.2, 0.25) is 0 Å². The molecule has 8 heteroatoms. The van der Waals surface area contributed by atoms with Crippen LogP contribution in [0.5, 0.6) is 5.75 Å². The van der Waals surface area contributed by atoms with Crippen molar-refractivity contribution < 1.29 is 29.0 Å². The topological polar surface area (TPSA) is 96.4 Å². The molecule has 1 aromatic carbocycles. The largest absolute Gasteiger partial charge is 0.484 e. The summed E-state index contributed by atoms with van der Waals surface area (Å²) in [6, 6.07) is 6.53. The zero-order valence-corrected chi connectivity index (χ0v) is 16.8. The predicted octanol–water partition coefficient (Wildman–Crippen LogP) is 2.16. The highest BCUT2D eigenvalue weighted by Gasteiger charge is 2.32. The number of ether oxygens (including phenoxy) is 2. The molecule has 1 aromatic rings. The maximum Gasteiger partial charge on any atom is 0.410 e. The van der Waals surface area contributed by atoms with E-state index in [2.05, 4.69) is 0 Å². The Labute approximate surface area is 165 Å². The minimum absolute atomic E-state index is 0.102. The third-order valence-corrected chi connectivity index (χ3v) is 4.22. The van der Waals surface area contributed by atoms with Crippen LogP contribution in [0.25, 0.3) is 0 Å². The maximum absolute atomic E-state index is 12.5. The molecule has 1 N–H and O–H groups in total. The molecule has 8 nitrogen and oxygen atoms in total. The number of hydrogen-bond donors (Lipinski definition) is 1. The van der Waals surface area contributed by atoms with Crippen molar-refractivity contribution in [3.05, 3.63) is 29.8 Å². The lowest BCUT2D eigenvalue weighted by Gasteiger charge is -2.40. The van der Waals surface area contributed by atoms with E-state index in [-0.39, 0.29) is 31.1 Å². The van der Waals surface area contributed by atoms with E-state index in [0.717, 1.165) is 0 Å². The lowest BCUT2D eigenvalue weighted by atomic mass is 10.1. The van der Waals surface area contributed by atoms with Crippen LogP contribution in [0.3, 0.4) is 0 Å². The highest BCUT2D eigenvalue weighted by atomic mass is 16.6. The first-order valence-corrected chi connectivity index (χ1v) is 9.26. The fourth-order valence-electron chi connectivity index (χ4n) is 2.93. The Hall–Kier alpha value is -2.77. The molecule has 1 aliphatic rings. The Morgan fingerprint density at radius 2 is 1.93 bits per heavy atom. The molecule has 1 atom stereocenters. The van der Waals surface area contributed by atoms with Crippen molar-refractivity contribution in [2.24, 2.45) is 0 Å². The Bertz CT molecular complexity index is 728. The van der Waals surface area contributed by atoms with Crippen molar-refractivity contribution in [3.63, 3.8) is 0 Å². The van der Waals surface area contributed by atoms with Crippen LogP contribution in [-0.4, -0.2) is 70.8 Å². The number of nitrogens with zero attached hydrogens (tertiary/aromatic N) is 2. The third kappa shape index (κ3) is 6.44. The van der Waals surface area contributed by atoms with Crippen molar-refractivity contribution in [2.75, 3.05) is 26.2 Å². The summed E-state index contributed by atoms with van der Waals surface area (Å²) in [5.74, 6) is -0.656. The molecule has 2 rings (SSSR count). The first-order valence-electron chi connectivity index (χ1n) is 9.26. The van der Waals surface area contributed by atoms with Gasteiger partial charge in [-0.1, -0.05) is 12.1 Å². The molecule has 1 fully saturated rings. The average molecular weight is 392 g/mol. The summed E-state index contributed by atoms with van der Waals surface area (Å²) >= 11 is 0. The van der Waals surface area contributed by atoms with Gasteiger partial charge in [0.05, 0.1) is 6.42 Å². The van der Waals surface area contributed by atoms with E-state index in [1.54, 1.807) is 34.1 Å². The molecule has 0 aliphatic carbocycles. The van der Waals surface area contributed by atoms with Gasteiger partial charge in [0.2, 0.25) is 0 Å². The number of amides is 2. The van der Waals surface area contributed by atoms with Gasteiger partial charge in [-0.05, 0) is 45.4 Å². The number of benzene rings is 1. The number of carbonyl (C=O) groups is 3. The highest BCUT2D eigenvalue weighted by molar-refractivity contribution is 5.78. The molecule has 2 amide bonds. The zero-order chi connectivity index (χ0) is 20.9. The van der Waals surface area contributed by atoms with E-state index in [9.17, 15) is 14.4 Å². The molecule has 1 aliphatic heterocycles. The SMILES string of the molecule is C[C@@H]1CN(C(=O)COc2cccc(CC(=O)O)c2)CCN1C(=O)OC(C)(C)C. The number of aliphatic carboxylic acids is 1. The van der Waals surface area contributed by atoms with E-state index in [0.29, 0.717) is 30.9 Å². The van der Waals surface area contributed by atoms with Gasteiger partial charge in [0.1, 0.15) is 11.4 Å². The van der Waals surface area contributed by atoms with Gasteiger partial charge in [-0.2, -0.15) is 0 Å². The number of rotatable bonds is 5. The first-order chi connectivity index (χ1) is 13.0. The van der Waals surface area contributed by atoms with E-state index in [4.69, 9.17) is 14.6 Å². The van der Waals surface area contributed by atoms with Gasteiger partial charge in [0.15, 0.2) is 6.61 Å². The average Bonchev–Trinajstić information content (AvgIpc) is 2.57. The van der Waals surface area contributed by atoms with E-state index >= 15 is 0 Å². The van der Waals surface area contributed by atoms with Crippen LogP contribution in [0.15, 0.2) is 24.3 Å². The lowest BCUT2D eigenvalue weighted by Crippen LogP contribution is -2.56. The first kappa shape index (κ1) is 21.5. The molecule has 0 spiro atoms. The number of carboxylic acids is 1. The summed E-state index contributed by atoms with van der Waals surface area (Å²) < 4.78 is 10.9. The summed E-state index contributed by atoms with van der Waals surface area (Å²) in [5.41, 5.74) is 0.0457. The van der Waals surface area contributed by atoms with Crippen LogP contribution in [-0.2, 0) is 20.7 Å². The van der Waals surface area contributed by atoms with Crippen LogP contribution in [0.4, 0.5) is 4.79 Å². The summed E-state index contributed by atoms with van der Waals surface area (Å²) in [7, 11) is 0. The second kappa shape index (κ2) is 8.95. The summed E-state index contributed by atoms with van der Waals surface area (Å²) in [6.07, 6.45) is -0.478. The van der Waals surface area contributed by atoms with Crippen LogP contribution < -0.4 is 4.74 Å². The molecule has 28 heavy (non-hydrogen) atoms. The van der Waals surface area contributed by atoms with Crippen molar-refractivity contribution >= 4 is 18.0 Å². The Morgan fingerprint density at radius 1 is 1.21 bits per heavy atom. The van der Waals surface area contributed by atoms with E-state index < -0.39 is 11.6 Å². The fraction of sp³-hybridized carbons (Fsp3) is 0.550. The Kier molecular flexibility index (Phi) is 6.88. The van der Waals surface area contributed by atoms with Gasteiger partial charge in [-0.15, -0.1) is 0 Å². The number of carboxylic acid groups (broad SMARTS) is 1. The summed E-state index contributed by atoms with van der Waals surface area (Å²) in [6.45, 7) is 8.39. The second-order valence-corrected chi connectivity index (χ2v) is 7.87. The zero-order valence-electron chi connectivity index (χ0n) is 16.8. The minimum atomic E-state index is -0.926.